The zero-order valence-corrected chi connectivity index (χ0v) is 23.8. The standard InChI is InChI=1S/C27H38BrN3O7/c1-4-6-11-30-12-9-7-8-10-19(33)29-14-16(3)37-26(36)20-21-24(34)31(17(5-2)15-32)23(25(30)35)27(21)13-18(28)22(20)38-27/h7,9,13,16-17,20-23,32H,4-6,8,10-12,14-15H2,1-3H3,(H,29,33)/b9-7-/t16-,17-,20+,21-,22+,23+,27-/m0/s1. The van der Waals surface area contributed by atoms with Gasteiger partial charge in [-0.1, -0.05) is 48.4 Å². The van der Waals surface area contributed by atoms with Gasteiger partial charge in [-0.2, -0.15) is 0 Å². The first-order valence-electron chi connectivity index (χ1n) is 13.6. The number of hydrogen-bond donors (Lipinski definition) is 2. The molecule has 11 heteroatoms. The second-order valence-electron chi connectivity index (χ2n) is 10.5. The number of nitrogens with one attached hydrogen (secondary N) is 1. The smallest absolute Gasteiger partial charge is 0.313 e. The molecular weight excluding hydrogens is 558 g/mol. The van der Waals surface area contributed by atoms with E-state index in [1.165, 1.54) is 4.90 Å². The molecule has 2 N–H and O–H groups in total. The minimum Gasteiger partial charge on any atom is -0.460 e. The highest BCUT2D eigenvalue weighted by molar-refractivity contribution is 9.11. The molecule has 0 aliphatic carbocycles. The number of esters is 1. The van der Waals surface area contributed by atoms with Gasteiger partial charge in [0.1, 0.15) is 29.8 Å². The molecule has 4 aliphatic rings. The fraction of sp³-hybridized carbons (Fsp3) is 0.704. The molecule has 0 saturated carbocycles. The molecule has 5 bridgehead atoms. The number of fused-ring (bicyclic) bond motifs is 2. The lowest BCUT2D eigenvalue weighted by Gasteiger charge is -2.38. The number of rotatable bonds is 6. The number of nitrogens with zero attached hydrogens (tertiary/aromatic N) is 2. The van der Waals surface area contributed by atoms with E-state index in [2.05, 4.69) is 21.2 Å². The van der Waals surface area contributed by atoms with Crippen molar-refractivity contribution in [3.63, 3.8) is 0 Å². The van der Waals surface area contributed by atoms with E-state index in [1.807, 2.05) is 26.0 Å². The van der Waals surface area contributed by atoms with Gasteiger partial charge in [0.15, 0.2) is 0 Å². The Bertz CT molecular complexity index is 1010. The van der Waals surface area contributed by atoms with E-state index in [4.69, 9.17) is 9.47 Å². The van der Waals surface area contributed by atoms with Crippen LogP contribution >= 0.6 is 15.9 Å². The molecule has 7 atom stereocenters. The van der Waals surface area contributed by atoms with E-state index in [0.717, 1.165) is 12.8 Å². The van der Waals surface area contributed by atoms with Crippen LogP contribution in [0.4, 0.5) is 0 Å². The SMILES string of the molecule is CCCCN1C/C=C\CCC(=O)NC[C@H](C)OC(=O)[C@H]2[C@@H]3O[C@@]4(C=C3Br)[C@@H]2C(=O)N([C@@H](CC)CO)[C@@H]4C1=O. The highest BCUT2D eigenvalue weighted by Crippen LogP contribution is 2.59. The number of unbranched alkanes of at least 4 members (excludes halogenated alkanes) is 1. The van der Waals surface area contributed by atoms with Crippen LogP contribution in [-0.4, -0.2) is 94.7 Å². The van der Waals surface area contributed by atoms with Crippen molar-refractivity contribution in [2.45, 2.75) is 82.8 Å². The minimum atomic E-state index is -1.36. The first-order valence-corrected chi connectivity index (χ1v) is 14.4. The normalized spacial score (nSPS) is 35.6. The van der Waals surface area contributed by atoms with Crippen LogP contribution < -0.4 is 5.32 Å². The van der Waals surface area contributed by atoms with Crippen LogP contribution in [-0.2, 0) is 28.7 Å². The third-order valence-corrected chi connectivity index (χ3v) is 8.65. The van der Waals surface area contributed by atoms with Gasteiger partial charge in [-0.25, -0.2) is 0 Å². The van der Waals surface area contributed by atoms with E-state index in [1.54, 1.807) is 17.9 Å². The van der Waals surface area contributed by atoms with Crippen LogP contribution in [0.3, 0.4) is 0 Å². The summed E-state index contributed by atoms with van der Waals surface area (Å²) in [5.74, 6) is -3.37. The van der Waals surface area contributed by atoms with Crippen molar-refractivity contribution in [2.24, 2.45) is 11.8 Å². The molecule has 2 saturated heterocycles. The summed E-state index contributed by atoms with van der Waals surface area (Å²) in [6.07, 6.45) is 6.99. The van der Waals surface area contributed by atoms with Gasteiger partial charge in [-0.3, -0.25) is 19.2 Å². The molecule has 4 heterocycles. The van der Waals surface area contributed by atoms with Crippen molar-refractivity contribution in [1.82, 2.24) is 15.1 Å². The van der Waals surface area contributed by atoms with Gasteiger partial charge >= 0.3 is 5.97 Å². The van der Waals surface area contributed by atoms with Crippen molar-refractivity contribution in [2.75, 3.05) is 26.2 Å². The van der Waals surface area contributed by atoms with Crippen LogP contribution in [0.2, 0.25) is 0 Å². The molecule has 0 aromatic rings. The fourth-order valence-corrected chi connectivity index (χ4v) is 6.76. The summed E-state index contributed by atoms with van der Waals surface area (Å²) in [6.45, 7) is 6.19. The van der Waals surface area contributed by atoms with E-state index >= 15 is 0 Å². The molecule has 2 fully saturated rings. The third-order valence-electron chi connectivity index (χ3n) is 7.97. The van der Waals surface area contributed by atoms with Crippen LogP contribution in [0.1, 0.15) is 52.9 Å². The monoisotopic (exact) mass is 595 g/mol. The van der Waals surface area contributed by atoms with Crippen molar-refractivity contribution >= 4 is 39.6 Å². The predicted molar refractivity (Wildman–Crippen MR) is 142 cm³/mol. The number of allylic oxidation sites excluding steroid dienone is 1. The van der Waals surface area contributed by atoms with Gasteiger partial charge in [0.2, 0.25) is 17.7 Å². The Balaban J connectivity index is 1.81. The molecule has 0 unspecified atom stereocenters. The molecule has 0 aromatic heterocycles. The maximum absolute atomic E-state index is 14.3. The number of carbonyl (C=O) groups is 4. The van der Waals surface area contributed by atoms with Crippen LogP contribution in [0.25, 0.3) is 0 Å². The Morgan fingerprint density at radius 3 is 2.66 bits per heavy atom. The maximum atomic E-state index is 14.3. The summed E-state index contributed by atoms with van der Waals surface area (Å²) in [6, 6.07) is -1.64. The van der Waals surface area contributed by atoms with Gasteiger partial charge in [-0.05, 0) is 32.3 Å². The second-order valence-corrected chi connectivity index (χ2v) is 11.4. The highest BCUT2D eigenvalue weighted by atomic mass is 79.9. The van der Waals surface area contributed by atoms with E-state index < -0.39 is 53.6 Å². The largest absolute Gasteiger partial charge is 0.460 e. The summed E-state index contributed by atoms with van der Waals surface area (Å²) in [5.41, 5.74) is -1.36. The number of likely N-dealkylation sites (tertiary alicyclic amines) is 1. The molecule has 10 nitrogen and oxygen atoms in total. The maximum Gasteiger partial charge on any atom is 0.313 e. The number of aliphatic hydroxyl groups excluding tert-OH is 1. The molecule has 1 spiro atoms. The number of aliphatic hydroxyl groups is 1. The first kappa shape index (κ1) is 28.8. The minimum absolute atomic E-state index is 0.147. The molecule has 4 rings (SSSR count). The summed E-state index contributed by atoms with van der Waals surface area (Å²) in [7, 11) is 0. The highest BCUT2D eigenvalue weighted by Gasteiger charge is 2.75. The number of cyclic esters (lactones) is 1. The summed E-state index contributed by atoms with van der Waals surface area (Å²) in [4.78, 5) is 57.3. The zero-order chi connectivity index (χ0) is 27.6. The number of hydrogen-bond acceptors (Lipinski definition) is 7. The second kappa shape index (κ2) is 11.9. The van der Waals surface area contributed by atoms with Gasteiger partial charge in [0, 0.05) is 24.0 Å². The van der Waals surface area contributed by atoms with Gasteiger partial charge in [0.25, 0.3) is 0 Å². The Labute approximate surface area is 231 Å². The lowest BCUT2D eigenvalue weighted by molar-refractivity contribution is -0.159. The van der Waals surface area contributed by atoms with Gasteiger partial charge in [-0.15, -0.1) is 0 Å². The van der Waals surface area contributed by atoms with Crippen LogP contribution in [0.5, 0.6) is 0 Å². The number of ether oxygens (including phenoxy) is 2. The lowest BCUT2D eigenvalue weighted by atomic mass is 9.74. The molecule has 210 valence electrons. The quantitative estimate of drug-likeness (QED) is 0.353. The van der Waals surface area contributed by atoms with Crippen molar-refractivity contribution < 1.29 is 33.8 Å². The predicted octanol–water partition coefficient (Wildman–Crippen LogP) is 1.66. The lowest BCUT2D eigenvalue weighted by Crippen LogP contribution is -2.58. The van der Waals surface area contributed by atoms with Crippen LogP contribution in [0.15, 0.2) is 22.7 Å². The van der Waals surface area contributed by atoms with Crippen molar-refractivity contribution in [3.8, 4) is 0 Å². The topological polar surface area (TPSA) is 125 Å². The van der Waals surface area contributed by atoms with E-state index in [0.29, 0.717) is 30.4 Å². The fourth-order valence-electron chi connectivity index (χ4n) is 6.02. The third kappa shape index (κ3) is 5.04. The molecular formula is C27H38BrN3O7. The Kier molecular flexibility index (Phi) is 8.99. The van der Waals surface area contributed by atoms with Crippen molar-refractivity contribution in [1.29, 1.82) is 0 Å². The summed E-state index contributed by atoms with van der Waals surface area (Å²) in [5, 5.41) is 13.0. The average molecular weight is 597 g/mol. The molecule has 0 aromatic carbocycles. The number of halogens is 1. The number of amides is 3. The summed E-state index contributed by atoms with van der Waals surface area (Å²) >= 11 is 3.52. The molecule has 38 heavy (non-hydrogen) atoms. The Morgan fingerprint density at radius 1 is 1.21 bits per heavy atom. The van der Waals surface area contributed by atoms with Crippen LogP contribution in [0, 0.1) is 11.8 Å². The number of carbonyl (C=O) groups excluding carboxylic acids is 4. The summed E-state index contributed by atoms with van der Waals surface area (Å²) < 4.78 is 12.7. The van der Waals surface area contributed by atoms with E-state index in [-0.39, 0.29) is 31.4 Å². The molecule has 4 aliphatic heterocycles. The average Bonchev–Trinajstić information content (AvgIpc) is 3.48. The van der Waals surface area contributed by atoms with Gasteiger partial charge in [0.05, 0.1) is 25.1 Å². The Morgan fingerprint density at radius 2 is 1.97 bits per heavy atom. The van der Waals surface area contributed by atoms with Crippen molar-refractivity contribution in [3.05, 3.63) is 22.7 Å². The zero-order valence-electron chi connectivity index (χ0n) is 22.2. The first-order chi connectivity index (χ1) is 18.2. The van der Waals surface area contributed by atoms with Gasteiger partial charge < -0.3 is 29.7 Å². The molecule has 3 amide bonds. The van der Waals surface area contributed by atoms with E-state index in [9.17, 15) is 24.3 Å². The Hall–Kier alpha value is -2.24. The molecule has 0 radical (unpaired) electrons.